The summed E-state index contributed by atoms with van der Waals surface area (Å²) in [6.45, 7) is 7.49. The second-order valence-corrected chi connectivity index (χ2v) is 6.70. The van der Waals surface area contributed by atoms with Crippen LogP contribution in [-0.4, -0.2) is 26.8 Å². The van der Waals surface area contributed by atoms with Crippen molar-refractivity contribution in [1.82, 2.24) is 15.1 Å². The molecule has 0 aromatic carbocycles. The molecule has 102 valence electrons. The Kier molecular flexibility index (Phi) is 4.73. The lowest BCUT2D eigenvalue weighted by atomic mass is 10.1. The second kappa shape index (κ2) is 6.11. The molecule has 4 heteroatoms. The lowest BCUT2D eigenvalue weighted by Crippen LogP contribution is -2.34. The predicted molar refractivity (Wildman–Crippen MR) is 79.1 cm³/mol. The molecule has 1 saturated carbocycles. The topological polar surface area (TPSA) is 29.9 Å². The van der Waals surface area contributed by atoms with E-state index in [1.807, 2.05) is 11.7 Å². The summed E-state index contributed by atoms with van der Waals surface area (Å²) in [5.74, 6) is 1.23. The number of rotatable bonds is 5. The Balaban J connectivity index is 1.94. The minimum absolute atomic E-state index is 0.689. The molecule has 1 aromatic heterocycles. The number of nitrogens with zero attached hydrogens (tertiary/aromatic N) is 2. The van der Waals surface area contributed by atoms with Crippen molar-refractivity contribution in [3.8, 4) is 0 Å². The number of thioether (sulfide) groups is 1. The smallest absolute Gasteiger partial charge is 0.0641 e. The summed E-state index contributed by atoms with van der Waals surface area (Å²) < 4.78 is 1.99. The van der Waals surface area contributed by atoms with Gasteiger partial charge in [-0.1, -0.05) is 13.3 Å². The molecule has 1 N–H and O–H groups in total. The molecule has 1 aromatic rings. The molecule has 1 aliphatic rings. The molecule has 0 amide bonds. The molecule has 2 unspecified atom stereocenters. The Labute approximate surface area is 115 Å². The highest BCUT2D eigenvalue weighted by Gasteiger charge is 2.26. The van der Waals surface area contributed by atoms with Crippen LogP contribution in [0.1, 0.15) is 43.1 Å². The van der Waals surface area contributed by atoms with Gasteiger partial charge < -0.3 is 5.32 Å². The largest absolute Gasteiger partial charge is 0.309 e. The van der Waals surface area contributed by atoms with Gasteiger partial charge in [0.1, 0.15) is 0 Å². The maximum atomic E-state index is 4.48. The molecule has 18 heavy (non-hydrogen) atoms. The van der Waals surface area contributed by atoms with Gasteiger partial charge in [0.25, 0.3) is 0 Å². The highest BCUT2D eigenvalue weighted by molar-refractivity contribution is 7.99. The summed E-state index contributed by atoms with van der Waals surface area (Å²) in [5.41, 5.74) is 3.84. The number of aromatic nitrogens is 2. The van der Waals surface area contributed by atoms with Crippen molar-refractivity contribution in [2.45, 2.75) is 57.9 Å². The van der Waals surface area contributed by atoms with Crippen LogP contribution in [0.25, 0.3) is 0 Å². The first-order valence-corrected chi connectivity index (χ1v) is 8.02. The van der Waals surface area contributed by atoms with E-state index in [0.717, 1.165) is 11.8 Å². The van der Waals surface area contributed by atoms with Gasteiger partial charge in [0.2, 0.25) is 0 Å². The molecule has 0 radical (unpaired) electrons. The molecule has 3 nitrogen and oxygen atoms in total. The molecule has 1 heterocycles. The van der Waals surface area contributed by atoms with Crippen molar-refractivity contribution in [3.05, 3.63) is 17.0 Å². The number of hydrogen-bond donors (Lipinski definition) is 1. The molecule has 0 aliphatic heterocycles. The zero-order valence-electron chi connectivity index (χ0n) is 12.0. The monoisotopic (exact) mass is 267 g/mol. The van der Waals surface area contributed by atoms with E-state index in [1.165, 1.54) is 42.0 Å². The van der Waals surface area contributed by atoms with Crippen molar-refractivity contribution in [3.63, 3.8) is 0 Å². The number of hydrogen-bond acceptors (Lipinski definition) is 3. The standard InChI is InChI=1S/C14H25N3S/c1-5-18-14-8-6-7-13(14)15-9-12-10(2)16-17(4)11(12)3/h13-15H,5-9H2,1-4H3. The highest BCUT2D eigenvalue weighted by Crippen LogP contribution is 2.30. The van der Waals surface area contributed by atoms with Crippen LogP contribution in [-0.2, 0) is 13.6 Å². The van der Waals surface area contributed by atoms with Gasteiger partial charge in [0.05, 0.1) is 5.69 Å². The summed E-state index contributed by atoms with van der Waals surface area (Å²) in [6, 6.07) is 0.689. The van der Waals surface area contributed by atoms with E-state index >= 15 is 0 Å². The third kappa shape index (κ3) is 2.91. The van der Waals surface area contributed by atoms with Crippen molar-refractivity contribution in [1.29, 1.82) is 0 Å². The van der Waals surface area contributed by atoms with Crippen molar-refractivity contribution in [2.24, 2.45) is 7.05 Å². The van der Waals surface area contributed by atoms with E-state index in [-0.39, 0.29) is 0 Å². The Bertz CT molecular complexity index is 400. The van der Waals surface area contributed by atoms with Crippen LogP contribution < -0.4 is 5.32 Å². The minimum atomic E-state index is 0.689. The van der Waals surface area contributed by atoms with Gasteiger partial charge in [-0.2, -0.15) is 16.9 Å². The predicted octanol–water partition coefficient (Wildman–Crippen LogP) is 2.80. The Morgan fingerprint density at radius 2 is 2.17 bits per heavy atom. The molecule has 2 rings (SSSR count). The maximum absolute atomic E-state index is 4.48. The van der Waals surface area contributed by atoms with Gasteiger partial charge >= 0.3 is 0 Å². The lowest BCUT2D eigenvalue weighted by Gasteiger charge is -2.20. The zero-order chi connectivity index (χ0) is 13.1. The normalized spacial score (nSPS) is 23.8. The van der Waals surface area contributed by atoms with Crippen LogP contribution in [0.15, 0.2) is 0 Å². The van der Waals surface area contributed by atoms with E-state index in [0.29, 0.717) is 6.04 Å². The maximum Gasteiger partial charge on any atom is 0.0641 e. The van der Waals surface area contributed by atoms with E-state index in [9.17, 15) is 0 Å². The molecule has 1 fully saturated rings. The van der Waals surface area contributed by atoms with Crippen molar-refractivity contribution < 1.29 is 0 Å². The van der Waals surface area contributed by atoms with E-state index in [1.54, 1.807) is 0 Å². The van der Waals surface area contributed by atoms with E-state index in [4.69, 9.17) is 0 Å². The van der Waals surface area contributed by atoms with Crippen LogP contribution in [0, 0.1) is 13.8 Å². The molecular formula is C14H25N3S. The average molecular weight is 267 g/mol. The SMILES string of the molecule is CCSC1CCCC1NCc1c(C)nn(C)c1C. The second-order valence-electron chi connectivity index (χ2n) is 5.19. The minimum Gasteiger partial charge on any atom is -0.309 e. The lowest BCUT2D eigenvalue weighted by molar-refractivity contribution is 0.530. The Morgan fingerprint density at radius 3 is 2.78 bits per heavy atom. The van der Waals surface area contributed by atoms with Crippen LogP contribution in [0.5, 0.6) is 0 Å². The van der Waals surface area contributed by atoms with E-state index < -0.39 is 0 Å². The fourth-order valence-electron chi connectivity index (χ4n) is 2.88. The van der Waals surface area contributed by atoms with Gasteiger partial charge in [-0.3, -0.25) is 4.68 Å². The summed E-state index contributed by atoms with van der Waals surface area (Å²) in [6.07, 6.45) is 4.08. The molecule has 0 bridgehead atoms. The first kappa shape index (κ1) is 13.9. The van der Waals surface area contributed by atoms with Gasteiger partial charge in [-0.25, -0.2) is 0 Å². The summed E-state index contributed by atoms with van der Waals surface area (Å²) >= 11 is 2.11. The fourth-order valence-corrected chi connectivity index (χ4v) is 4.11. The average Bonchev–Trinajstić information content (AvgIpc) is 2.85. The summed E-state index contributed by atoms with van der Waals surface area (Å²) in [4.78, 5) is 0. The third-order valence-electron chi connectivity index (χ3n) is 4.03. The zero-order valence-corrected chi connectivity index (χ0v) is 12.8. The van der Waals surface area contributed by atoms with Gasteiger partial charge in [0, 0.05) is 36.1 Å². The molecule has 0 saturated heterocycles. The Hall–Kier alpha value is -0.480. The van der Waals surface area contributed by atoms with Crippen molar-refractivity contribution in [2.75, 3.05) is 5.75 Å². The molecule has 2 atom stereocenters. The van der Waals surface area contributed by atoms with Crippen LogP contribution in [0.2, 0.25) is 0 Å². The first-order valence-electron chi connectivity index (χ1n) is 6.97. The Morgan fingerprint density at radius 1 is 1.39 bits per heavy atom. The van der Waals surface area contributed by atoms with Gasteiger partial charge in [0.15, 0.2) is 0 Å². The molecular weight excluding hydrogens is 242 g/mol. The third-order valence-corrected chi connectivity index (χ3v) is 5.36. The summed E-state index contributed by atoms with van der Waals surface area (Å²) in [7, 11) is 2.02. The van der Waals surface area contributed by atoms with Crippen molar-refractivity contribution >= 4 is 11.8 Å². The fraction of sp³-hybridized carbons (Fsp3) is 0.786. The highest BCUT2D eigenvalue weighted by atomic mass is 32.2. The number of nitrogens with one attached hydrogen (secondary N) is 1. The van der Waals surface area contributed by atoms with E-state index in [2.05, 4.69) is 42.9 Å². The van der Waals surface area contributed by atoms with Crippen LogP contribution in [0.4, 0.5) is 0 Å². The van der Waals surface area contributed by atoms with Crippen LogP contribution >= 0.6 is 11.8 Å². The van der Waals surface area contributed by atoms with Crippen LogP contribution in [0.3, 0.4) is 0 Å². The summed E-state index contributed by atoms with van der Waals surface area (Å²) in [5, 5.41) is 9.05. The number of aryl methyl sites for hydroxylation is 2. The van der Waals surface area contributed by atoms with Gasteiger partial charge in [-0.05, 0) is 32.4 Å². The first-order chi connectivity index (χ1) is 8.63. The van der Waals surface area contributed by atoms with Gasteiger partial charge in [-0.15, -0.1) is 0 Å². The molecule has 0 spiro atoms. The quantitative estimate of drug-likeness (QED) is 0.889. The molecule has 1 aliphatic carbocycles.